The van der Waals surface area contributed by atoms with Gasteiger partial charge >= 0.3 is 0 Å². The highest BCUT2D eigenvalue weighted by Gasteiger charge is 2.22. The van der Waals surface area contributed by atoms with E-state index in [1.807, 2.05) is 6.07 Å². The SMILES string of the molecule is N/C=C/c1ccc(C2CN2)cc1F. The van der Waals surface area contributed by atoms with E-state index in [-0.39, 0.29) is 5.82 Å². The number of halogens is 1. The molecule has 2 rings (SSSR count). The van der Waals surface area contributed by atoms with Crippen LogP contribution in [-0.4, -0.2) is 6.54 Å². The molecule has 1 aliphatic heterocycles. The van der Waals surface area contributed by atoms with Crippen molar-refractivity contribution in [3.63, 3.8) is 0 Å². The van der Waals surface area contributed by atoms with Crippen molar-refractivity contribution in [2.45, 2.75) is 6.04 Å². The van der Waals surface area contributed by atoms with E-state index in [1.165, 1.54) is 6.20 Å². The molecule has 1 aliphatic rings. The first-order valence-electron chi connectivity index (χ1n) is 4.22. The molecule has 1 fully saturated rings. The summed E-state index contributed by atoms with van der Waals surface area (Å²) < 4.78 is 13.3. The Morgan fingerprint density at radius 1 is 1.54 bits per heavy atom. The first-order chi connectivity index (χ1) is 6.31. The topological polar surface area (TPSA) is 48.0 Å². The van der Waals surface area contributed by atoms with Gasteiger partial charge in [0.2, 0.25) is 0 Å². The summed E-state index contributed by atoms with van der Waals surface area (Å²) in [7, 11) is 0. The van der Waals surface area contributed by atoms with Crippen molar-refractivity contribution in [3.05, 3.63) is 41.3 Å². The largest absolute Gasteiger partial charge is 0.405 e. The summed E-state index contributed by atoms with van der Waals surface area (Å²) in [4.78, 5) is 0. The summed E-state index contributed by atoms with van der Waals surface area (Å²) in [6, 6.07) is 5.57. The summed E-state index contributed by atoms with van der Waals surface area (Å²) in [6.07, 6.45) is 2.90. The van der Waals surface area contributed by atoms with Gasteiger partial charge in [-0.15, -0.1) is 0 Å². The van der Waals surface area contributed by atoms with Crippen LogP contribution in [0.5, 0.6) is 0 Å². The molecule has 3 heteroatoms. The standard InChI is InChI=1S/C10H11FN2/c11-9-5-8(10-6-13-10)2-1-7(9)3-4-12/h1-5,10,13H,6,12H2/b4-3+. The number of nitrogens with two attached hydrogens (primary N) is 1. The monoisotopic (exact) mass is 178 g/mol. The summed E-state index contributed by atoms with van der Waals surface area (Å²) in [5.74, 6) is -0.215. The van der Waals surface area contributed by atoms with E-state index in [0.717, 1.165) is 12.1 Å². The molecule has 0 bridgehead atoms. The van der Waals surface area contributed by atoms with Crippen LogP contribution in [0.1, 0.15) is 17.2 Å². The quantitative estimate of drug-likeness (QED) is 0.672. The Bertz CT molecular complexity index is 343. The van der Waals surface area contributed by atoms with E-state index in [2.05, 4.69) is 5.32 Å². The molecule has 1 saturated heterocycles. The fourth-order valence-corrected chi connectivity index (χ4v) is 1.29. The molecule has 1 aromatic carbocycles. The van der Waals surface area contributed by atoms with Crippen molar-refractivity contribution in [3.8, 4) is 0 Å². The Kier molecular flexibility index (Phi) is 2.02. The maximum absolute atomic E-state index is 13.3. The van der Waals surface area contributed by atoms with Crippen molar-refractivity contribution >= 4 is 6.08 Å². The van der Waals surface area contributed by atoms with Crippen LogP contribution in [0.15, 0.2) is 24.4 Å². The molecule has 0 amide bonds. The van der Waals surface area contributed by atoms with Crippen LogP contribution in [0.4, 0.5) is 4.39 Å². The lowest BCUT2D eigenvalue weighted by Gasteiger charge is -2.00. The number of benzene rings is 1. The molecule has 0 saturated carbocycles. The molecule has 0 aliphatic carbocycles. The minimum absolute atomic E-state index is 0.215. The lowest BCUT2D eigenvalue weighted by molar-refractivity contribution is 0.622. The zero-order valence-corrected chi connectivity index (χ0v) is 7.13. The summed E-state index contributed by atoms with van der Waals surface area (Å²) in [6.45, 7) is 0.950. The molecule has 68 valence electrons. The van der Waals surface area contributed by atoms with Gasteiger partial charge in [-0.3, -0.25) is 0 Å². The minimum atomic E-state index is -0.215. The van der Waals surface area contributed by atoms with E-state index >= 15 is 0 Å². The Morgan fingerprint density at radius 2 is 2.31 bits per heavy atom. The molecule has 1 heterocycles. The van der Waals surface area contributed by atoms with Gasteiger partial charge in [-0.05, 0) is 23.9 Å². The summed E-state index contributed by atoms with van der Waals surface area (Å²) in [5.41, 5.74) is 6.72. The van der Waals surface area contributed by atoms with Crippen LogP contribution >= 0.6 is 0 Å². The third-order valence-corrected chi connectivity index (χ3v) is 2.11. The summed E-state index contributed by atoms with van der Waals surface area (Å²) in [5, 5.41) is 3.12. The Hall–Kier alpha value is -1.35. The van der Waals surface area contributed by atoms with Crippen LogP contribution in [0.25, 0.3) is 6.08 Å². The normalized spacial score (nSPS) is 20.8. The highest BCUT2D eigenvalue weighted by Crippen LogP contribution is 2.23. The third-order valence-electron chi connectivity index (χ3n) is 2.11. The fourth-order valence-electron chi connectivity index (χ4n) is 1.29. The highest BCUT2D eigenvalue weighted by atomic mass is 19.1. The average molecular weight is 178 g/mol. The van der Waals surface area contributed by atoms with Gasteiger partial charge in [-0.1, -0.05) is 12.1 Å². The van der Waals surface area contributed by atoms with Gasteiger partial charge in [-0.25, -0.2) is 4.39 Å². The third kappa shape index (κ3) is 1.70. The molecular weight excluding hydrogens is 167 g/mol. The van der Waals surface area contributed by atoms with Crippen molar-refractivity contribution < 1.29 is 4.39 Å². The van der Waals surface area contributed by atoms with Gasteiger partial charge in [0, 0.05) is 18.2 Å². The zero-order chi connectivity index (χ0) is 9.26. The van der Waals surface area contributed by atoms with Gasteiger partial charge in [0.05, 0.1) is 0 Å². The first-order valence-corrected chi connectivity index (χ1v) is 4.22. The fraction of sp³-hybridized carbons (Fsp3) is 0.200. The van der Waals surface area contributed by atoms with E-state index in [9.17, 15) is 4.39 Å². The zero-order valence-electron chi connectivity index (χ0n) is 7.13. The number of rotatable bonds is 2. The molecule has 0 spiro atoms. The molecule has 0 aromatic heterocycles. The Balaban J connectivity index is 2.31. The highest BCUT2D eigenvalue weighted by molar-refractivity contribution is 5.50. The molecule has 1 unspecified atom stereocenters. The van der Waals surface area contributed by atoms with Crippen molar-refractivity contribution in [1.82, 2.24) is 5.32 Å². The van der Waals surface area contributed by atoms with Gasteiger partial charge in [0.1, 0.15) is 5.82 Å². The predicted octanol–water partition coefficient (Wildman–Crippen LogP) is 1.40. The van der Waals surface area contributed by atoms with Crippen LogP contribution in [0, 0.1) is 5.82 Å². The van der Waals surface area contributed by atoms with Gasteiger partial charge in [-0.2, -0.15) is 0 Å². The van der Waals surface area contributed by atoms with Crippen molar-refractivity contribution in [2.24, 2.45) is 5.73 Å². The van der Waals surface area contributed by atoms with Gasteiger partial charge < -0.3 is 11.1 Å². The average Bonchev–Trinajstić information content (AvgIpc) is 2.91. The number of hydrogen-bond acceptors (Lipinski definition) is 2. The molecule has 2 nitrogen and oxygen atoms in total. The predicted molar refractivity (Wildman–Crippen MR) is 50.4 cm³/mol. The number of nitrogens with one attached hydrogen (secondary N) is 1. The van der Waals surface area contributed by atoms with Crippen LogP contribution in [0.2, 0.25) is 0 Å². The van der Waals surface area contributed by atoms with E-state index in [0.29, 0.717) is 11.6 Å². The molecular formula is C10H11FN2. The van der Waals surface area contributed by atoms with Gasteiger partial charge in [0.25, 0.3) is 0 Å². The summed E-state index contributed by atoms with van der Waals surface area (Å²) >= 11 is 0. The Morgan fingerprint density at radius 3 is 2.85 bits per heavy atom. The molecule has 1 aromatic rings. The minimum Gasteiger partial charge on any atom is -0.405 e. The van der Waals surface area contributed by atoms with E-state index in [4.69, 9.17) is 5.73 Å². The second kappa shape index (κ2) is 3.18. The molecule has 13 heavy (non-hydrogen) atoms. The first kappa shape index (κ1) is 8.26. The van der Waals surface area contributed by atoms with Gasteiger partial charge in [0.15, 0.2) is 0 Å². The molecule has 0 radical (unpaired) electrons. The maximum atomic E-state index is 13.3. The smallest absolute Gasteiger partial charge is 0.130 e. The van der Waals surface area contributed by atoms with Crippen LogP contribution in [0.3, 0.4) is 0 Å². The van der Waals surface area contributed by atoms with E-state index in [1.54, 1.807) is 18.2 Å². The van der Waals surface area contributed by atoms with Crippen LogP contribution in [-0.2, 0) is 0 Å². The second-order valence-corrected chi connectivity index (χ2v) is 3.10. The maximum Gasteiger partial charge on any atom is 0.130 e. The lowest BCUT2D eigenvalue weighted by atomic mass is 10.1. The van der Waals surface area contributed by atoms with E-state index < -0.39 is 0 Å². The van der Waals surface area contributed by atoms with Crippen molar-refractivity contribution in [1.29, 1.82) is 0 Å². The number of hydrogen-bond donors (Lipinski definition) is 2. The molecule has 1 atom stereocenters. The Labute approximate surface area is 76.3 Å². The van der Waals surface area contributed by atoms with Crippen LogP contribution < -0.4 is 11.1 Å². The van der Waals surface area contributed by atoms with Crippen molar-refractivity contribution in [2.75, 3.05) is 6.54 Å². The molecule has 3 N–H and O–H groups in total. The lowest BCUT2D eigenvalue weighted by Crippen LogP contribution is -1.89. The second-order valence-electron chi connectivity index (χ2n) is 3.10.